The van der Waals surface area contributed by atoms with Crippen molar-refractivity contribution < 1.29 is 4.79 Å². The summed E-state index contributed by atoms with van der Waals surface area (Å²) < 4.78 is 0. The number of hydrogen-bond donors (Lipinski definition) is 1. The van der Waals surface area contributed by atoms with E-state index in [1.165, 1.54) is 12.8 Å². The van der Waals surface area contributed by atoms with Crippen LogP contribution in [0.1, 0.15) is 31.5 Å². The van der Waals surface area contributed by atoms with Crippen molar-refractivity contribution in [1.29, 1.82) is 0 Å². The van der Waals surface area contributed by atoms with Gasteiger partial charge in [0.2, 0.25) is 0 Å². The second-order valence-electron chi connectivity index (χ2n) is 4.58. The lowest BCUT2D eigenvalue weighted by Gasteiger charge is -2.26. The van der Waals surface area contributed by atoms with E-state index >= 15 is 0 Å². The topological polar surface area (TPSA) is 52.2 Å². The molecule has 1 fully saturated rings. The first-order valence-electron chi connectivity index (χ1n) is 6.25. The highest BCUT2D eigenvalue weighted by atomic mass is 16.2. The van der Waals surface area contributed by atoms with Crippen LogP contribution in [0, 0.1) is 0 Å². The Balaban J connectivity index is 1.89. The minimum Gasteiger partial charge on any atom is -0.347 e. The van der Waals surface area contributed by atoms with E-state index in [1.54, 1.807) is 17.3 Å². The Morgan fingerprint density at radius 3 is 2.71 bits per heavy atom. The molecule has 0 saturated carbocycles. The average Bonchev–Trinajstić information content (AvgIpc) is 2.68. The summed E-state index contributed by atoms with van der Waals surface area (Å²) in [5.74, 6) is 0.829. The van der Waals surface area contributed by atoms with Gasteiger partial charge in [0.15, 0.2) is 0 Å². The molecule has 0 atom stereocenters. The first-order chi connectivity index (χ1) is 8.27. The van der Waals surface area contributed by atoms with Crippen molar-refractivity contribution in [3.8, 4) is 0 Å². The third-order valence-corrected chi connectivity index (χ3v) is 3.14. The second-order valence-corrected chi connectivity index (χ2v) is 4.58. The third kappa shape index (κ3) is 3.22. The molecule has 5 heteroatoms. The number of nitrogens with one attached hydrogen (secondary N) is 1. The lowest BCUT2D eigenvalue weighted by molar-refractivity contribution is 0.161. The van der Waals surface area contributed by atoms with Gasteiger partial charge in [-0.3, -0.25) is 0 Å². The number of H-pyrrole nitrogens is 1. The molecule has 2 rings (SSSR count). The van der Waals surface area contributed by atoms with Crippen molar-refractivity contribution in [1.82, 2.24) is 19.8 Å². The van der Waals surface area contributed by atoms with Gasteiger partial charge in [0, 0.05) is 32.5 Å². The summed E-state index contributed by atoms with van der Waals surface area (Å²) >= 11 is 0. The molecule has 1 aliphatic heterocycles. The van der Waals surface area contributed by atoms with E-state index in [9.17, 15) is 4.79 Å². The van der Waals surface area contributed by atoms with Crippen molar-refractivity contribution in [2.45, 2.75) is 32.2 Å². The molecule has 1 N–H and O–H groups in total. The Morgan fingerprint density at radius 2 is 2.12 bits per heavy atom. The summed E-state index contributed by atoms with van der Waals surface area (Å²) in [6.07, 6.45) is 8.22. The molecule has 1 aliphatic rings. The van der Waals surface area contributed by atoms with Crippen LogP contribution in [0.25, 0.3) is 0 Å². The van der Waals surface area contributed by atoms with Crippen LogP contribution >= 0.6 is 0 Å². The van der Waals surface area contributed by atoms with Gasteiger partial charge in [0.25, 0.3) is 0 Å². The summed E-state index contributed by atoms with van der Waals surface area (Å²) in [5, 5.41) is 0. The molecule has 0 aromatic carbocycles. The maximum Gasteiger partial charge on any atom is 0.320 e. The normalized spacial score (nSPS) is 16.6. The van der Waals surface area contributed by atoms with Crippen LogP contribution in [-0.2, 0) is 6.54 Å². The number of rotatable bonds is 2. The van der Waals surface area contributed by atoms with Crippen LogP contribution in [0.4, 0.5) is 4.79 Å². The molecule has 0 bridgehead atoms. The number of likely N-dealkylation sites (tertiary alicyclic amines) is 1. The zero-order valence-corrected chi connectivity index (χ0v) is 10.4. The van der Waals surface area contributed by atoms with Gasteiger partial charge in [-0.15, -0.1) is 0 Å². The van der Waals surface area contributed by atoms with E-state index in [4.69, 9.17) is 0 Å². The second kappa shape index (κ2) is 5.70. The Hall–Kier alpha value is -1.52. The predicted octanol–water partition coefficient (Wildman–Crippen LogP) is 1.84. The average molecular weight is 236 g/mol. The highest BCUT2D eigenvalue weighted by molar-refractivity contribution is 5.74. The molecule has 1 aromatic heterocycles. The molecule has 1 aromatic rings. The summed E-state index contributed by atoms with van der Waals surface area (Å²) in [6, 6.07) is 0.114. The van der Waals surface area contributed by atoms with Gasteiger partial charge in [-0.1, -0.05) is 12.8 Å². The van der Waals surface area contributed by atoms with Crippen LogP contribution < -0.4 is 0 Å². The molecular weight excluding hydrogens is 216 g/mol. The zero-order chi connectivity index (χ0) is 12.1. The Labute approximate surface area is 102 Å². The summed E-state index contributed by atoms with van der Waals surface area (Å²) in [5.41, 5.74) is 0. The molecule has 0 radical (unpaired) electrons. The van der Waals surface area contributed by atoms with Crippen molar-refractivity contribution >= 4 is 6.03 Å². The van der Waals surface area contributed by atoms with Gasteiger partial charge in [0.05, 0.1) is 6.54 Å². The molecule has 0 spiro atoms. The smallest absolute Gasteiger partial charge is 0.320 e. The molecular formula is C12H20N4O. The van der Waals surface area contributed by atoms with Crippen molar-refractivity contribution in [2.75, 3.05) is 20.1 Å². The summed E-state index contributed by atoms with van der Waals surface area (Å²) in [6.45, 7) is 2.32. The van der Waals surface area contributed by atoms with Crippen LogP contribution in [-0.4, -0.2) is 45.9 Å². The minimum absolute atomic E-state index is 0.114. The fourth-order valence-corrected chi connectivity index (χ4v) is 2.18. The lowest BCUT2D eigenvalue weighted by Crippen LogP contribution is -2.41. The number of imidazole rings is 1. The van der Waals surface area contributed by atoms with Gasteiger partial charge in [-0.2, -0.15) is 0 Å². The predicted molar refractivity (Wildman–Crippen MR) is 65.5 cm³/mol. The number of nitrogens with zero attached hydrogens (tertiary/aromatic N) is 3. The lowest BCUT2D eigenvalue weighted by atomic mass is 10.2. The zero-order valence-electron chi connectivity index (χ0n) is 10.4. The largest absolute Gasteiger partial charge is 0.347 e. The van der Waals surface area contributed by atoms with Crippen LogP contribution in [0.3, 0.4) is 0 Å². The number of amides is 2. The number of carbonyl (C=O) groups excluding carboxylic acids is 1. The van der Waals surface area contributed by atoms with Crippen molar-refractivity contribution in [2.24, 2.45) is 0 Å². The van der Waals surface area contributed by atoms with E-state index in [0.717, 1.165) is 31.8 Å². The molecule has 2 amide bonds. The first-order valence-corrected chi connectivity index (χ1v) is 6.25. The standard InChI is InChI=1S/C12H20N4O/c1-15(10-11-13-6-7-14-11)12(17)16-8-4-2-3-5-9-16/h6-7H,2-5,8-10H2,1H3,(H,13,14). The molecule has 0 unspecified atom stereocenters. The van der Waals surface area contributed by atoms with Crippen LogP contribution in [0.2, 0.25) is 0 Å². The van der Waals surface area contributed by atoms with Gasteiger partial charge in [-0.05, 0) is 12.8 Å². The number of aromatic amines is 1. The Morgan fingerprint density at radius 1 is 1.41 bits per heavy atom. The quantitative estimate of drug-likeness (QED) is 0.851. The third-order valence-electron chi connectivity index (χ3n) is 3.14. The van der Waals surface area contributed by atoms with Crippen molar-refractivity contribution in [3.63, 3.8) is 0 Å². The first kappa shape index (κ1) is 12.0. The van der Waals surface area contributed by atoms with Crippen molar-refractivity contribution in [3.05, 3.63) is 18.2 Å². The van der Waals surface area contributed by atoms with E-state index < -0.39 is 0 Å². The number of hydrogen-bond acceptors (Lipinski definition) is 2. The molecule has 1 saturated heterocycles. The molecule has 2 heterocycles. The fraction of sp³-hybridized carbons (Fsp3) is 0.667. The Bertz CT molecular complexity index is 341. The van der Waals surface area contributed by atoms with Gasteiger partial charge >= 0.3 is 6.03 Å². The molecule has 17 heavy (non-hydrogen) atoms. The Kier molecular flexibility index (Phi) is 4.01. The highest BCUT2D eigenvalue weighted by Gasteiger charge is 2.19. The maximum absolute atomic E-state index is 12.2. The van der Waals surface area contributed by atoms with Gasteiger partial charge < -0.3 is 14.8 Å². The van der Waals surface area contributed by atoms with E-state index in [1.807, 2.05) is 11.9 Å². The highest BCUT2D eigenvalue weighted by Crippen LogP contribution is 2.11. The van der Waals surface area contributed by atoms with Gasteiger partial charge in [0.1, 0.15) is 5.82 Å². The summed E-state index contributed by atoms with van der Waals surface area (Å²) in [7, 11) is 1.83. The number of aromatic nitrogens is 2. The summed E-state index contributed by atoms with van der Waals surface area (Å²) in [4.78, 5) is 23.0. The van der Waals surface area contributed by atoms with Crippen LogP contribution in [0.15, 0.2) is 12.4 Å². The van der Waals surface area contributed by atoms with Crippen LogP contribution in [0.5, 0.6) is 0 Å². The van der Waals surface area contributed by atoms with E-state index in [-0.39, 0.29) is 6.03 Å². The molecule has 0 aliphatic carbocycles. The fourth-order valence-electron chi connectivity index (χ4n) is 2.18. The number of carbonyl (C=O) groups is 1. The molecule has 94 valence electrons. The SMILES string of the molecule is CN(Cc1ncc[nH]1)C(=O)N1CCCCCC1. The maximum atomic E-state index is 12.2. The van der Waals surface area contributed by atoms with E-state index in [0.29, 0.717) is 6.54 Å². The monoisotopic (exact) mass is 236 g/mol. The number of urea groups is 1. The minimum atomic E-state index is 0.114. The molecule has 5 nitrogen and oxygen atoms in total. The van der Waals surface area contributed by atoms with Gasteiger partial charge in [-0.25, -0.2) is 9.78 Å². The van der Waals surface area contributed by atoms with E-state index in [2.05, 4.69) is 9.97 Å².